The lowest BCUT2D eigenvalue weighted by molar-refractivity contribution is 0.0791. The van der Waals surface area contributed by atoms with Gasteiger partial charge in [-0.3, -0.25) is 4.90 Å². The van der Waals surface area contributed by atoms with Crippen molar-refractivity contribution in [3.05, 3.63) is 29.3 Å². The second kappa shape index (κ2) is 4.58. The van der Waals surface area contributed by atoms with E-state index < -0.39 is 0 Å². The molecule has 0 amide bonds. The molecule has 1 aliphatic carbocycles. The first kappa shape index (κ1) is 12.0. The fourth-order valence-electron chi connectivity index (χ4n) is 3.74. The van der Waals surface area contributed by atoms with Crippen molar-refractivity contribution in [3.63, 3.8) is 0 Å². The maximum absolute atomic E-state index is 5.89. The van der Waals surface area contributed by atoms with Crippen LogP contribution < -0.4 is 5.73 Å². The minimum Gasteiger partial charge on any atom is -0.399 e. The molecule has 2 aliphatic rings. The van der Waals surface area contributed by atoms with Crippen molar-refractivity contribution < 1.29 is 0 Å². The fourth-order valence-corrected chi connectivity index (χ4v) is 3.74. The number of rotatable bonds is 1. The number of benzene rings is 1. The van der Waals surface area contributed by atoms with Gasteiger partial charge in [0.05, 0.1) is 0 Å². The number of fused-ring (bicyclic) bond motifs is 1. The summed E-state index contributed by atoms with van der Waals surface area (Å²) in [4.78, 5) is 2.67. The molecular weight excluding hydrogens is 220 g/mol. The van der Waals surface area contributed by atoms with Gasteiger partial charge in [0.15, 0.2) is 0 Å². The van der Waals surface area contributed by atoms with E-state index in [1.807, 2.05) is 6.07 Å². The van der Waals surface area contributed by atoms with Crippen molar-refractivity contribution in [2.45, 2.75) is 52.2 Å². The molecule has 3 rings (SSSR count). The first-order valence-electron chi connectivity index (χ1n) is 7.26. The van der Waals surface area contributed by atoms with Gasteiger partial charge < -0.3 is 5.73 Å². The predicted octanol–water partition coefficient (Wildman–Crippen LogP) is 3.41. The minimum atomic E-state index is 0.766. The molecular formula is C16H24N2. The van der Waals surface area contributed by atoms with Gasteiger partial charge in [-0.2, -0.15) is 0 Å². The van der Waals surface area contributed by atoms with Crippen LogP contribution in [-0.2, 0) is 13.1 Å². The van der Waals surface area contributed by atoms with E-state index in [1.165, 1.54) is 30.4 Å². The van der Waals surface area contributed by atoms with Crippen LogP contribution in [0.4, 0.5) is 5.69 Å². The Morgan fingerprint density at radius 3 is 2.72 bits per heavy atom. The van der Waals surface area contributed by atoms with Crippen LogP contribution in [0.25, 0.3) is 0 Å². The maximum Gasteiger partial charge on any atom is 0.0317 e. The second-order valence-corrected chi connectivity index (χ2v) is 6.27. The van der Waals surface area contributed by atoms with Crippen LogP contribution in [0.1, 0.15) is 44.2 Å². The highest BCUT2D eigenvalue weighted by molar-refractivity contribution is 5.46. The van der Waals surface area contributed by atoms with Crippen molar-refractivity contribution in [1.82, 2.24) is 4.90 Å². The molecule has 1 heterocycles. The SMILES string of the molecule is CC1CCCC(N2Cc3ccc(N)cc3C2)C1C. The summed E-state index contributed by atoms with van der Waals surface area (Å²) in [7, 11) is 0. The van der Waals surface area contributed by atoms with Gasteiger partial charge in [0.2, 0.25) is 0 Å². The molecule has 3 unspecified atom stereocenters. The molecule has 18 heavy (non-hydrogen) atoms. The average molecular weight is 244 g/mol. The Balaban J connectivity index is 1.77. The normalized spacial score (nSPS) is 32.4. The average Bonchev–Trinajstić information content (AvgIpc) is 2.75. The first-order chi connectivity index (χ1) is 8.65. The van der Waals surface area contributed by atoms with Crippen molar-refractivity contribution >= 4 is 5.69 Å². The van der Waals surface area contributed by atoms with Crippen LogP contribution in [0.15, 0.2) is 18.2 Å². The molecule has 0 radical (unpaired) electrons. The summed E-state index contributed by atoms with van der Waals surface area (Å²) in [6.07, 6.45) is 4.17. The third kappa shape index (κ3) is 2.03. The third-order valence-corrected chi connectivity index (χ3v) is 5.11. The molecule has 1 aromatic rings. The summed E-state index contributed by atoms with van der Waals surface area (Å²) in [6, 6.07) is 7.17. The van der Waals surface area contributed by atoms with E-state index in [9.17, 15) is 0 Å². The molecule has 2 N–H and O–H groups in total. The summed E-state index contributed by atoms with van der Waals surface area (Å²) >= 11 is 0. The Kier molecular flexibility index (Phi) is 3.06. The van der Waals surface area contributed by atoms with E-state index in [0.29, 0.717) is 0 Å². The highest BCUT2D eigenvalue weighted by atomic mass is 15.2. The molecule has 3 atom stereocenters. The molecule has 98 valence electrons. The van der Waals surface area contributed by atoms with E-state index >= 15 is 0 Å². The number of hydrogen-bond acceptors (Lipinski definition) is 2. The first-order valence-corrected chi connectivity index (χ1v) is 7.26. The van der Waals surface area contributed by atoms with Crippen LogP contribution in [0, 0.1) is 11.8 Å². The maximum atomic E-state index is 5.89. The van der Waals surface area contributed by atoms with Gasteiger partial charge in [-0.25, -0.2) is 0 Å². The number of nitrogens with zero attached hydrogens (tertiary/aromatic N) is 1. The van der Waals surface area contributed by atoms with Gasteiger partial charge in [-0.1, -0.05) is 32.8 Å². The summed E-state index contributed by atoms with van der Waals surface area (Å²) in [6.45, 7) is 7.07. The topological polar surface area (TPSA) is 29.3 Å². The quantitative estimate of drug-likeness (QED) is 0.767. The number of hydrogen-bond donors (Lipinski definition) is 1. The minimum absolute atomic E-state index is 0.766. The molecule has 0 spiro atoms. The van der Waals surface area contributed by atoms with E-state index in [-0.39, 0.29) is 0 Å². The Bertz CT molecular complexity index is 441. The zero-order chi connectivity index (χ0) is 12.7. The molecule has 1 aliphatic heterocycles. The number of nitrogen functional groups attached to an aromatic ring is 1. The molecule has 0 aromatic heterocycles. The Hall–Kier alpha value is -1.02. The van der Waals surface area contributed by atoms with Gasteiger partial charge in [0.1, 0.15) is 0 Å². The van der Waals surface area contributed by atoms with E-state index in [2.05, 4.69) is 30.9 Å². The lowest BCUT2D eigenvalue weighted by Gasteiger charge is -2.39. The Morgan fingerprint density at radius 2 is 1.89 bits per heavy atom. The smallest absolute Gasteiger partial charge is 0.0317 e. The van der Waals surface area contributed by atoms with E-state index in [1.54, 1.807) is 0 Å². The van der Waals surface area contributed by atoms with E-state index in [4.69, 9.17) is 5.73 Å². The van der Waals surface area contributed by atoms with Gasteiger partial charge in [0, 0.05) is 24.8 Å². The monoisotopic (exact) mass is 244 g/mol. The fraction of sp³-hybridized carbons (Fsp3) is 0.625. The molecule has 2 nitrogen and oxygen atoms in total. The summed E-state index contributed by atoms with van der Waals surface area (Å²) in [5.41, 5.74) is 9.71. The third-order valence-electron chi connectivity index (χ3n) is 5.11. The molecule has 0 bridgehead atoms. The Labute approximate surface area is 110 Å². The standard InChI is InChI=1S/C16H24N2/c1-11-4-3-5-16(12(11)2)18-9-13-6-7-15(17)8-14(13)10-18/h6-8,11-12,16H,3-5,9-10,17H2,1-2H3. The van der Waals surface area contributed by atoms with Crippen molar-refractivity contribution in [2.24, 2.45) is 11.8 Å². The van der Waals surface area contributed by atoms with Gasteiger partial charge in [-0.15, -0.1) is 0 Å². The molecule has 1 aromatic carbocycles. The molecule has 0 saturated heterocycles. The molecule has 2 heteroatoms. The van der Waals surface area contributed by atoms with Gasteiger partial charge >= 0.3 is 0 Å². The lowest BCUT2D eigenvalue weighted by Crippen LogP contribution is -2.41. The Morgan fingerprint density at radius 1 is 1.11 bits per heavy atom. The largest absolute Gasteiger partial charge is 0.399 e. The van der Waals surface area contributed by atoms with Crippen LogP contribution in [0.3, 0.4) is 0 Å². The lowest BCUT2D eigenvalue weighted by atomic mass is 9.77. The second-order valence-electron chi connectivity index (χ2n) is 6.27. The van der Waals surface area contributed by atoms with Crippen molar-refractivity contribution in [3.8, 4) is 0 Å². The van der Waals surface area contributed by atoms with Crippen LogP contribution in [-0.4, -0.2) is 10.9 Å². The number of nitrogens with two attached hydrogens (primary N) is 1. The summed E-state index contributed by atoms with van der Waals surface area (Å²) < 4.78 is 0. The summed E-state index contributed by atoms with van der Waals surface area (Å²) in [5, 5.41) is 0. The van der Waals surface area contributed by atoms with Crippen LogP contribution >= 0.6 is 0 Å². The highest BCUT2D eigenvalue weighted by Crippen LogP contribution is 2.37. The molecule has 1 fully saturated rings. The van der Waals surface area contributed by atoms with E-state index in [0.717, 1.165) is 36.7 Å². The predicted molar refractivity (Wildman–Crippen MR) is 76.1 cm³/mol. The van der Waals surface area contributed by atoms with Crippen LogP contribution in [0.5, 0.6) is 0 Å². The molecule has 1 saturated carbocycles. The van der Waals surface area contributed by atoms with Crippen molar-refractivity contribution in [2.75, 3.05) is 5.73 Å². The zero-order valence-corrected chi connectivity index (χ0v) is 11.5. The van der Waals surface area contributed by atoms with Crippen LogP contribution in [0.2, 0.25) is 0 Å². The number of anilines is 1. The van der Waals surface area contributed by atoms with Gasteiger partial charge in [0.25, 0.3) is 0 Å². The highest BCUT2D eigenvalue weighted by Gasteiger charge is 2.34. The zero-order valence-electron chi connectivity index (χ0n) is 11.5. The van der Waals surface area contributed by atoms with Gasteiger partial charge in [-0.05, 0) is 41.5 Å². The summed E-state index contributed by atoms with van der Waals surface area (Å²) in [5.74, 6) is 1.70. The van der Waals surface area contributed by atoms with Crippen molar-refractivity contribution in [1.29, 1.82) is 0 Å².